The number of hydrogen-bond donors (Lipinski definition) is 0. The van der Waals surface area contributed by atoms with Crippen molar-refractivity contribution in [2.24, 2.45) is 0 Å². The second-order valence-corrected chi connectivity index (χ2v) is 8.00. The zero-order chi connectivity index (χ0) is 21.3. The minimum Gasteiger partial charge on any atom is -0.268 e. The molecule has 4 aromatic rings. The number of halogens is 1. The van der Waals surface area contributed by atoms with E-state index in [2.05, 4.69) is 0 Å². The van der Waals surface area contributed by atoms with Gasteiger partial charge in [0.25, 0.3) is 11.2 Å². The highest BCUT2D eigenvalue weighted by molar-refractivity contribution is 7.98. The Morgan fingerprint density at radius 2 is 1.80 bits per heavy atom. The van der Waals surface area contributed by atoms with Crippen LogP contribution in [0, 0.1) is 17.0 Å². The number of hydrogen-bond acceptors (Lipinski definition) is 5. The van der Waals surface area contributed by atoms with Gasteiger partial charge in [-0.05, 0) is 42.3 Å². The van der Waals surface area contributed by atoms with E-state index in [1.807, 2.05) is 31.2 Å². The molecule has 0 radical (unpaired) electrons. The SMILES string of the molecule is Cc1c(Cl)cccc1-n1c(SCc2ccc([N+](=O)[O-])cc2)nc2ccccc2c1=O. The van der Waals surface area contributed by atoms with E-state index in [9.17, 15) is 14.9 Å². The summed E-state index contributed by atoms with van der Waals surface area (Å²) < 4.78 is 1.58. The molecular weight excluding hydrogens is 422 g/mol. The van der Waals surface area contributed by atoms with E-state index in [0.717, 1.165) is 11.1 Å². The highest BCUT2D eigenvalue weighted by Crippen LogP contribution is 2.28. The van der Waals surface area contributed by atoms with Crippen LogP contribution in [0.25, 0.3) is 16.6 Å². The summed E-state index contributed by atoms with van der Waals surface area (Å²) in [5.74, 6) is 0.502. The summed E-state index contributed by atoms with van der Waals surface area (Å²) in [7, 11) is 0. The summed E-state index contributed by atoms with van der Waals surface area (Å²) >= 11 is 7.69. The van der Waals surface area contributed by atoms with Crippen molar-refractivity contribution in [3.8, 4) is 5.69 Å². The van der Waals surface area contributed by atoms with Crippen LogP contribution >= 0.6 is 23.4 Å². The second kappa shape index (κ2) is 8.30. The lowest BCUT2D eigenvalue weighted by Gasteiger charge is -2.15. The summed E-state index contributed by atoms with van der Waals surface area (Å²) in [5, 5.41) is 12.5. The number of nitro benzene ring substituents is 1. The van der Waals surface area contributed by atoms with Crippen molar-refractivity contribution in [2.75, 3.05) is 0 Å². The number of para-hydroxylation sites is 1. The molecule has 1 heterocycles. The van der Waals surface area contributed by atoms with Gasteiger partial charge in [-0.3, -0.25) is 19.5 Å². The van der Waals surface area contributed by atoms with Crippen molar-refractivity contribution in [1.82, 2.24) is 9.55 Å². The fourth-order valence-electron chi connectivity index (χ4n) is 3.12. The van der Waals surface area contributed by atoms with Crippen molar-refractivity contribution in [3.63, 3.8) is 0 Å². The van der Waals surface area contributed by atoms with Crippen LogP contribution in [0.15, 0.2) is 76.7 Å². The van der Waals surface area contributed by atoms with E-state index < -0.39 is 4.92 Å². The molecule has 0 unspecified atom stereocenters. The standard InChI is InChI=1S/C22H16ClN3O3S/c1-14-18(23)6-4-8-20(14)25-21(27)17-5-2-3-7-19(17)24-22(25)30-13-15-9-11-16(12-10-15)26(28)29/h2-12H,13H2,1H3. The summed E-state index contributed by atoms with van der Waals surface area (Å²) in [6.07, 6.45) is 0. The van der Waals surface area contributed by atoms with Gasteiger partial charge in [0.1, 0.15) is 0 Å². The summed E-state index contributed by atoms with van der Waals surface area (Å²) in [6.45, 7) is 1.87. The van der Waals surface area contributed by atoms with Gasteiger partial charge in [-0.2, -0.15) is 0 Å². The Morgan fingerprint density at radius 3 is 2.53 bits per heavy atom. The Labute approximate surface area is 181 Å². The maximum atomic E-state index is 13.3. The third kappa shape index (κ3) is 3.81. The predicted molar refractivity (Wildman–Crippen MR) is 120 cm³/mol. The first-order valence-electron chi connectivity index (χ1n) is 9.09. The summed E-state index contributed by atoms with van der Waals surface area (Å²) in [6, 6.07) is 19.0. The maximum absolute atomic E-state index is 13.3. The predicted octanol–water partition coefficient (Wildman–Crippen LogP) is 5.55. The molecule has 0 spiro atoms. The molecule has 0 N–H and O–H groups in total. The topological polar surface area (TPSA) is 78.0 Å². The molecule has 0 fully saturated rings. The molecule has 0 bridgehead atoms. The number of benzene rings is 3. The monoisotopic (exact) mass is 437 g/mol. The van der Waals surface area contributed by atoms with E-state index in [4.69, 9.17) is 16.6 Å². The molecule has 30 heavy (non-hydrogen) atoms. The molecule has 8 heteroatoms. The van der Waals surface area contributed by atoms with Crippen LogP contribution in [0.3, 0.4) is 0 Å². The normalized spacial score (nSPS) is 11.0. The zero-order valence-electron chi connectivity index (χ0n) is 15.9. The van der Waals surface area contributed by atoms with Crippen molar-refractivity contribution < 1.29 is 4.92 Å². The first-order chi connectivity index (χ1) is 14.5. The number of non-ortho nitro benzene ring substituents is 1. The molecule has 1 aromatic heterocycles. The molecular formula is C22H16ClN3O3S. The average molecular weight is 438 g/mol. The molecule has 0 saturated carbocycles. The summed E-state index contributed by atoms with van der Waals surface area (Å²) in [4.78, 5) is 28.5. The van der Waals surface area contributed by atoms with Crippen molar-refractivity contribution in [2.45, 2.75) is 17.8 Å². The number of thioether (sulfide) groups is 1. The van der Waals surface area contributed by atoms with Gasteiger partial charge in [-0.1, -0.05) is 53.7 Å². The van der Waals surface area contributed by atoms with Crippen LogP contribution < -0.4 is 5.56 Å². The van der Waals surface area contributed by atoms with Gasteiger partial charge in [0.15, 0.2) is 5.16 Å². The minimum absolute atomic E-state index is 0.0408. The van der Waals surface area contributed by atoms with Crippen LogP contribution in [-0.2, 0) is 5.75 Å². The Morgan fingerprint density at radius 1 is 1.07 bits per heavy atom. The van der Waals surface area contributed by atoms with Crippen LogP contribution in [0.5, 0.6) is 0 Å². The molecule has 3 aromatic carbocycles. The highest BCUT2D eigenvalue weighted by atomic mass is 35.5. The fraction of sp³-hybridized carbons (Fsp3) is 0.0909. The fourth-order valence-corrected chi connectivity index (χ4v) is 4.25. The van der Waals surface area contributed by atoms with E-state index in [0.29, 0.717) is 32.5 Å². The van der Waals surface area contributed by atoms with E-state index in [1.54, 1.807) is 34.9 Å². The van der Waals surface area contributed by atoms with Crippen molar-refractivity contribution >= 4 is 40.0 Å². The Hall–Kier alpha value is -3.16. The zero-order valence-corrected chi connectivity index (χ0v) is 17.5. The lowest BCUT2D eigenvalue weighted by atomic mass is 10.2. The lowest BCUT2D eigenvalue weighted by molar-refractivity contribution is -0.384. The van der Waals surface area contributed by atoms with Gasteiger partial charge < -0.3 is 0 Å². The first kappa shape index (κ1) is 20.1. The van der Waals surface area contributed by atoms with Crippen LogP contribution in [0.4, 0.5) is 5.69 Å². The first-order valence-corrected chi connectivity index (χ1v) is 10.5. The van der Waals surface area contributed by atoms with Crippen molar-refractivity contribution in [1.29, 1.82) is 0 Å². The molecule has 0 atom stereocenters. The van der Waals surface area contributed by atoms with Gasteiger partial charge in [0.05, 0.1) is 21.5 Å². The molecule has 4 rings (SSSR count). The number of nitrogens with zero attached hydrogens (tertiary/aromatic N) is 3. The molecule has 0 aliphatic carbocycles. The quantitative estimate of drug-likeness (QED) is 0.177. The van der Waals surface area contributed by atoms with E-state index in [-0.39, 0.29) is 11.2 Å². The molecule has 6 nitrogen and oxygen atoms in total. The molecule has 150 valence electrons. The minimum atomic E-state index is -0.429. The van der Waals surface area contributed by atoms with Gasteiger partial charge in [-0.15, -0.1) is 0 Å². The lowest BCUT2D eigenvalue weighted by Crippen LogP contribution is -2.22. The smallest absolute Gasteiger partial charge is 0.268 e. The van der Waals surface area contributed by atoms with E-state index >= 15 is 0 Å². The van der Waals surface area contributed by atoms with Gasteiger partial charge in [-0.25, -0.2) is 4.98 Å². The molecule has 0 amide bonds. The van der Waals surface area contributed by atoms with Gasteiger partial charge in [0.2, 0.25) is 0 Å². The molecule has 0 aliphatic rings. The Kier molecular flexibility index (Phi) is 5.57. The van der Waals surface area contributed by atoms with Gasteiger partial charge >= 0.3 is 0 Å². The van der Waals surface area contributed by atoms with Crippen LogP contribution in [-0.4, -0.2) is 14.5 Å². The Balaban J connectivity index is 1.81. The third-order valence-electron chi connectivity index (χ3n) is 4.74. The highest BCUT2D eigenvalue weighted by Gasteiger charge is 2.16. The summed E-state index contributed by atoms with van der Waals surface area (Å²) in [5.41, 5.74) is 2.84. The van der Waals surface area contributed by atoms with Crippen LogP contribution in [0.2, 0.25) is 5.02 Å². The largest absolute Gasteiger partial charge is 0.269 e. The molecule has 0 aliphatic heterocycles. The van der Waals surface area contributed by atoms with Crippen molar-refractivity contribution in [3.05, 3.63) is 103 Å². The number of nitro groups is 1. The number of rotatable bonds is 5. The maximum Gasteiger partial charge on any atom is 0.269 e. The average Bonchev–Trinajstić information content (AvgIpc) is 2.75. The number of fused-ring (bicyclic) bond motifs is 1. The van der Waals surface area contributed by atoms with E-state index in [1.165, 1.54) is 23.9 Å². The second-order valence-electron chi connectivity index (χ2n) is 6.65. The third-order valence-corrected chi connectivity index (χ3v) is 6.16. The van der Waals surface area contributed by atoms with Gasteiger partial charge in [0, 0.05) is 22.9 Å². The Bertz CT molecular complexity index is 1320. The van der Waals surface area contributed by atoms with Crippen LogP contribution in [0.1, 0.15) is 11.1 Å². The molecule has 0 saturated heterocycles. The number of aromatic nitrogens is 2.